The van der Waals surface area contributed by atoms with Crippen molar-refractivity contribution in [2.45, 2.75) is 4.90 Å². The van der Waals surface area contributed by atoms with E-state index in [0.29, 0.717) is 10.5 Å². The first kappa shape index (κ1) is 20.8. The van der Waals surface area contributed by atoms with Gasteiger partial charge in [0.1, 0.15) is 5.82 Å². The van der Waals surface area contributed by atoms with Crippen LogP contribution in [0.5, 0.6) is 0 Å². The Morgan fingerprint density at radius 3 is 2.61 bits per heavy atom. The zero-order valence-corrected chi connectivity index (χ0v) is 17.7. The van der Waals surface area contributed by atoms with E-state index in [1.165, 1.54) is 42.5 Å². The minimum Gasteiger partial charge on any atom is -0.313 e. The molecule has 0 bridgehead atoms. The van der Waals surface area contributed by atoms with Gasteiger partial charge in [0.25, 0.3) is 15.9 Å². The molecule has 0 fully saturated rings. The van der Waals surface area contributed by atoms with Crippen LogP contribution in [0.25, 0.3) is 11.0 Å². The average molecular weight is 459 g/mol. The number of aryl methyl sites for hydroxylation is 1. The van der Waals surface area contributed by atoms with Gasteiger partial charge in [-0.3, -0.25) is 14.8 Å². The van der Waals surface area contributed by atoms with E-state index in [0.717, 1.165) is 11.6 Å². The summed E-state index contributed by atoms with van der Waals surface area (Å²) in [5.41, 5.74) is 1.29. The molecule has 4 aromatic rings. The standard InChI is InChI=1S/C21H16ClFN4O3S/c1-27-19-10-9-14(22)12-18(19)24-21(27)25-20(28)13-5-4-6-15(11-13)31(29,30)26-17-8-3-2-7-16(17)23/h2-12,26H,1H3,(H,24,25,28). The number of sulfonamides is 1. The topological polar surface area (TPSA) is 93.1 Å². The van der Waals surface area contributed by atoms with Crippen LogP contribution >= 0.6 is 11.6 Å². The Balaban J connectivity index is 1.60. The number of aromatic nitrogens is 2. The fourth-order valence-corrected chi connectivity index (χ4v) is 4.29. The normalized spacial score (nSPS) is 11.5. The molecule has 1 heterocycles. The molecule has 7 nitrogen and oxygen atoms in total. The van der Waals surface area contributed by atoms with Gasteiger partial charge in [0.15, 0.2) is 0 Å². The lowest BCUT2D eigenvalue weighted by molar-refractivity contribution is 0.102. The molecular weight excluding hydrogens is 443 g/mol. The van der Waals surface area contributed by atoms with Gasteiger partial charge in [-0.2, -0.15) is 0 Å². The second-order valence-corrected chi connectivity index (χ2v) is 8.81. The Bertz CT molecular complexity index is 1420. The van der Waals surface area contributed by atoms with Crippen molar-refractivity contribution in [3.05, 3.63) is 83.1 Å². The highest BCUT2D eigenvalue weighted by molar-refractivity contribution is 7.92. The predicted octanol–water partition coefficient (Wildman–Crippen LogP) is 4.42. The van der Waals surface area contributed by atoms with Gasteiger partial charge in [0.05, 0.1) is 21.6 Å². The van der Waals surface area contributed by atoms with Crippen molar-refractivity contribution in [3.8, 4) is 0 Å². The first-order valence-corrected chi connectivity index (χ1v) is 10.9. The van der Waals surface area contributed by atoms with Crippen LogP contribution in [0.2, 0.25) is 5.02 Å². The van der Waals surface area contributed by atoms with Gasteiger partial charge in [0, 0.05) is 17.6 Å². The molecule has 0 aliphatic carbocycles. The second kappa shape index (κ2) is 8.01. The van der Waals surface area contributed by atoms with Gasteiger partial charge < -0.3 is 4.57 Å². The van der Waals surface area contributed by atoms with E-state index in [4.69, 9.17) is 11.6 Å². The summed E-state index contributed by atoms with van der Waals surface area (Å²) >= 11 is 5.99. The molecule has 2 N–H and O–H groups in total. The molecular formula is C21H16ClFN4O3S. The summed E-state index contributed by atoms with van der Waals surface area (Å²) in [5.74, 6) is -0.977. The van der Waals surface area contributed by atoms with Crippen LogP contribution in [0, 0.1) is 5.82 Å². The van der Waals surface area contributed by atoms with E-state index in [1.54, 1.807) is 29.8 Å². The van der Waals surface area contributed by atoms with Crippen molar-refractivity contribution < 1.29 is 17.6 Å². The molecule has 0 aliphatic rings. The van der Waals surface area contributed by atoms with Crippen LogP contribution in [-0.4, -0.2) is 23.9 Å². The number of para-hydroxylation sites is 1. The Morgan fingerprint density at radius 2 is 1.84 bits per heavy atom. The highest BCUT2D eigenvalue weighted by Gasteiger charge is 2.19. The number of benzene rings is 3. The summed E-state index contributed by atoms with van der Waals surface area (Å²) in [6, 6.07) is 16.0. The molecule has 0 aliphatic heterocycles. The molecule has 31 heavy (non-hydrogen) atoms. The average Bonchev–Trinajstić information content (AvgIpc) is 3.04. The summed E-state index contributed by atoms with van der Waals surface area (Å²) in [4.78, 5) is 16.9. The number of nitrogens with one attached hydrogen (secondary N) is 2. The zero-order chi connectivity index (χ0) is 22.2. The first-order chi connectivity index (χ1) is 14.7. The smallest absolute Gasteiger partial charge is 0.262 e. The summed E-state index contributed by atoms with van der Waals surface area (Å²) in [6.07, 6.45) is 0. The highest BCUT2D eigenvalue weighted by atomic mass is 35.5. The number of carbonyl (C=O) groups excluding carboxylic acids is 1. The van der Waals surface area contributed by atoms with Crippen LogP contribution in [0.1, 0.15) is 10.4 Å². The minimum absolute atomic E-state index is 0.0986. The molecule has 1 aromatic heterocycles. The molecule has 0 spiro atoms. The molecule has 1 amide bonds. The van der Waals surface area contributed by atoms with E-state index < -0.39 is 21.7 Å². The van der Waals surface area contributed by atoms with Crippen molar-refractivity contribution in [2.24, 2.45) is 7.05 Å². The lowest BCUT2D eigenvalue weighted by Crippen LogP contribution is -2.17. The largest absolute Gasteiger partial charge is 0.313 e. The summed E-state index contributed by atoms with van der Waals surface area (Å²) in [7, 11) is -2.37. The Hall–Kier alpha value is -3.43. The maximum atomic E-state index is 13.8. The lowest BCUT2D eigenvalue weighted by Gasteiger charge is -2.10. The van der Waals surface area contributed by atoms with Gasteiger partial charge in [-0.15, -0.1) is 0 Å². The number of hydrogen-bond donors (Lipinski definition) is 2. The van der Waals surface area contributed by atoms with Crippen LogP contribution in [0.3, 0.4) is 0 Å². The maximum Gasteiger partial charge on any atom is 0.262 e. The third-order valence-corrected chi connectivity index (χ3v) is 6.19. The van der Waals surface area contributed by atoms with E-state index in [9.17, 15) is 17.6 Å². The number of fused-ring (bicyclic) bond motifs is 1. The maximum absolute atomic E-state index is 13.8. The molecule has 3 aromatic carbocycles. The van der Waals surface area contributed by atoms with E-state index in [-0.39, 0.29) is 22.1 Å². The second-order valence-electron chi connectivity index (χ2n) is 6.69. The summed E-state index contributed by atoms with van der Waals surface area (Å²) in [6.45, 7) is 0. The third kappa shape index (κ3) is 4.23. The monoisotopic (exact) mass is 458 g/mol. The van der Waals surface area contributed by atoms with Crippen LogP contribution in [-0.2, 0) is 17.1 Å². The van der Waals surface area contributed by atoms with Crippen molar-refractivity contribution in [1.82, 2.24) is 9.55 Å². The molecule has 0 saturated carbocycles. The SMILES string of the molecule is Cn1c(NC(=O)c2cccc(S(=O)(=O)Nc3ccccc3F)c2)nc2cc(Cl)ccc21. The lowest BCUT2D eigenvalue weighted by atomic mass is 10.2. The Labute approximate surface area is 182 Å². The van der Waals surface area contributed by atoms with Gasteiger partial charge in [-0.25, -0.2) is 17.8 Å². The number of carbonyl (C=O) groups is 1. The fraction of sp³-hybridized carbons (Fsp3) is 0.0476. The third-order valence-electron chi connectivity index (χ3n) is 4.59. The molecule has 0 atom stereocenters. The number of amides is 1. The number of imidazole rings is 1. The number of nitrogens with zero attached hydrogens (tertiary/aromatic N) is 2. The molecule has 10 heteroatoms. The number of rotatable bonds is 5. The number of hydrogen-bond acceptors (Lipinski definition) is 4. The van der Waals surface area contributed by atoms with E-state index in [2.05, 4.69) is 15.0 Å². The predicted molar refractivity (Wildman–Crippen MR) is 117 cm³/mol. The van der Waals surface area contributed by atoms with Gasteiger partial charge in [0.2, 0.25) is 5.95 Å². The highest BCUT2D eigenvalue weighted by Crippen LogP contribution is 2.23. The molecule has 0 radical (unpaired) electrons. The summed E-state index contributed by atoms with van der Waals surface area (Å²) < 4.78 is 43.0. The van der Waals surface area contributed by atoms with Crippen molar-refractivity contribution in [3.63, 3.8) is 0 Å². The first-order valence-electron chi connectivity index (χ1n) is 9.05. The molecule has 0 unspecified atom stereocenters. The van der Waals surface area contributed by atoms with Crippen molar-refractivity contribution in [1.29, 1.82) is 0 Å². The molecule has 0 saturated heterocycles. The summed E-state index contributed by atoms with van der Waals surface area (Å²) in [5, 5.41) is 3.18. The van der Waals surface area contributed by atoms with Gasteiger partial charge in [-0.05, 0) is 48.5 Å². The van der Waals surface area contributed by atoms with E-state index in [1.807, 2.05) is 0 Å². The number of halogens is 2. The molecule has 4 rings (SSSR count). The Morgan fingerprint density at radius 1 is 1.06 bits per heavy atom. The van der Waals surface area contributed by atoms with Crippen LogP contribution in [0.15, 0.2) is 71.6 Å². The fourth-order valence-electron chi connectivity index (χ4n) is 3.01. The molecule has 158 valence electrons. The van der Waals surface area contributed by atoms with Crippen LogP contribution in [0.4, 0.5) is 16.0 Å². The number of anilines is 2. The zero-order valence-electron chi connectivity index (χ0n) is 16.1. The van der Waals surface area contributed by atoms with Crippen molar-refractivity contribution >= 4 is 50.2 Å². The quantitative estimate of drug-likeness (QED) is 0.463. The Kier molecular flexibility index (Phi) is 5.38. The van der Waals surface area contributed by atoms with E-state index >= 15 is 0 Å². The van der Waals surface area contributed by atoms with Gasteiger partial charge >= 0.3 is 0 Å². The van der Waals surface area contributed by atoms with Crippen molar-refractivity contribution in [2.75, 3.05) is 10.0 Å². The van der Waals surface area contributed by atoms with Crippen LogP contribution < -0.4 is 10.0 Å². The van der Waals surface area contributed by atoms with Gasteiger partial charge in [-0.1, -0.05) is 29.8 Å². The minimum atomic E-state index is -4.10.